The number of carbonyl (C=O) groups is 1. The SMILES string of the molecule is CC.CC1CC2=C3CCN(C(=O)/C(C#N)=C\C4(F)CCC4)C(C)C3=C(CC2)C1. The van der Waals surface area contributed by atoms with Crippen molar-refractivity contribution < 1.29 is 9.18 Å². The zero-order valence-corrected chi connectivity index (χ0v) is 17.8. The van der Waals surface area contributed by atoms with Gasteiger partial charge in [-0.2, -0.15) is 5.26 Å². The van der Waals surface area contributed by atoms with Gasteiger partial charge in [0.1, 0.15) is 17.3 Å². The summed E-state index contributed by atoms with van der Waals surface area (Å²) in [6.07, 6.45) is 8.40. The van der Waals surface area contributed by atoms with Crippen LogP contribution in [-0.2, 0) is 4.79 Å². The van der Waals surface area contributed by atoms with Crippen LogP contribution >= 0.6 is 0 Å². The van der Waals surface area contributed by atoms with E-state index < -0.39 is 5.67 Å². The molecule has 3 fully saturated rings. The number of hydrogen-bond donors (Lipinski definition) is 0. The van der Waals surface area contributed by atoms with Crippen molar-refractivity contribution in [3.63, 3.8) is 0 Å². The van der Waals surface area contributed by atoms with Crippen molar-refractivity contribution in [1.82, 2.24) is 4.90 Å². The van der Waals surface area contributed by atoms with Crippen LogP contribution in [0.25, 0.3) is 0 Å². The molecule has 1 heterocycles. The molecule has 3 nitrogen and oxygen atoms in total. The van der Waals surface area contributed by atoms with E-state index in [0.717, 1.165) is 25.7 Å². The highest BCUT2D eigenvalue weighted by atomic mass is 19.1. The molecule has 2 saturated carbocycles. The lowest BCUT2D eigenvalue weighted by Crippen LogP contribution is -2.46. The lowest BCUT2D eigenvalue weighted by Gasteiger charge is -2.41. The zero-order chi connectivity index (χ0) is 20.5. The topological polar surface area (TPSA) is 44.1 Å². The van der Waals surface area contributed by atoms with E-state index >= 15 is 0 Å². The van der Waals surface area contributed by atoms with Crippen LogP contribution in [0, 0.1) is 17.2 Å². The maximum Gasteiger partial charge on any atom is 0.264 e. The highest BCUT2D eigenvalue weighted by molar-refractivity contribution is 5.98. The van der Waals surface area contributed by atoms with E-state index in [-0.39, 0.29) is 17.5 Å². The number of piperidine rings is 1. The fourth-order valence-corrected chi connectivity index (χ4v) is 5.27. The number of amides is 1. The first-order chi connectivity index (χ1) is 13.4. The van der Waals surface area contributed by atoms with Gasteiger partial charge < -0.3 is 4.90 Å². The molecule has 0 spiro atoms. The third-order valence-corrected chi connectivity index (χ3v) is 6.74. The van der Waals surface area contributed by atoms with Crippen LogP contribution in [0.3, 0.4) is 0 Å². The number of hydrogen-bond acceptors (Lipinski definition) is 2. The van der Waals surface area contributed by atoms with Crippen LogP contribution in [0.15, 0.2) is 33.9 Å². The van der Waals surface area contributed by atoms with Gasteiger partial charge in [0, 0.05) is 6.54 Å². The van der Waals surface area contributed by atoms with Gasteiger partial charge in [0.05, 0.1) is 6.04 Å². The van der Waals surface area contributed by atoms with Crippen molar-refractivity contribution in [2.45, 2.75) is 90.8 Å². The lowest BCUT2D eigenvalue weighted by atomic mass is 9.78. The standard InChI is InChI=1S/C22H27FN2O.C2H6/c1-14-10-16-4-5-17(11-14)20-15(2)25(9-6-19(16)20)21(26)18(13-24)12-22(23)7-3-8-22;1-2/h12,14-15H,3-11H2,1-2H3;1-2H3/b18-12-;. The van der Waals surface area contributed by atoms with Gasteiger partial charge in [0.15, 0.2) is 0 Å². The molecular weight excluding hydrogens is 351 g/mol. The predicted molar refractivity (Wildman–Crippen MR) is 110 cm³/mol. The fraction of sp³-hybridized carbons (Fsp3) is 0.667. The molecule has 1 saturated heterocycles. The van der Waals surface area contributed by atoms with E-state index in [1.54, 1.807) is 10.5 Å². The first-order valence-electron chi connectivity index (χ1n) is 11.0. The molecule has 0 aromatic heterocycles. The Morgan fingerprint density at radius 1 is 1.18 bits per heavy atom. The number of alkyl halides is 1. The Labute approximate surface area is 169 Å². The number of rotatable bonds is 2. The number of nitrogens with zero attached hydrogens (tertiary/aromatic N) is 2. The van der Waals surface area contributed by atoms with Gasteiger partial charge in [-0.25, -0.2) is 4.39 Å². The van der Waals surface area contributed by atoms with Gasteiger partial charge in [-0.3, -0.25) is 4.79 Å². The Morgan fingerprint density at radius 3 is 2.43 bits per heavy atom. The van der Waals surface area contributed by atoms with Gasteiger partial charge in [-0.05, 0) is 81.4 Å². The third kappa shape index (κ3) is 3.69. The summed E-state index contributed by atoms with van der Waals surface area (Å²) in [7, 11) is 0. The van der Waals surface area contributed by atoms with Crippen molar-refractivity contribution in [1.29, 1.82) is 5.26 Å². The summed E-state index contributed by atoms with van der Waals surface area (Å²) in [6.45, 7) is 9.02. The third-order valence-electron chi connectivity index (χ3n) is 6.74. The van der Waals surface area contributed by atoms with Gasteiger partial charge in [0.2, 0.25) is 0 Å². The van der Waals surface area contributed by atoms with Crippen molar-refractivity contribution in [3.05, 3.63) is 33.9 Å². The number of likely N-dealkylation sites (tertiary alicyclic amines) is 1. The second-order valence-corrected chi connectivity index (χ2v) is 8.60. The molecule has 2 bridgehead atoms. The predicted octanol–water partition coefficient (Wildman–Crippen LogP) is 5.79. The van der Waals surface area contributed by atoms with Crippen LogP contribution < -0.4 is 0 Å². The highest BCUT2D eigenvalue weighted by Crippen LogP contribution is 2.46. The Balaban J connectivity index is 0.00000109. The van der Waals surface area contributed by atoms with Gasteiger partial charge in [0.25, 0.3) is 5.91 Å². The Kier molecular flexibility index (Phi) is 6.12. The highest BCUT2D eigenvalue weighted by Gasteiger charge is 2.40. The van der Waals surface area contributed by atoms with E-state index in [4.69, 9.17) is 0 Å². The average Bonchev–Trinajstić information content (AvgIpc) is 2.94. The van der Waals surface area contributed by atoms with Crippen molar-refractivity contribution in [3.8, 4) is 6.07 Å². The Hall–Kier alpha value is -1.89. The summed E-state index contributed by atoms with van der Waals surface area (Å²) < 4.78 is 14.4. The summed E-state index contributed by atoms with van der Waals surface area (Å²) in [5.41, 5.74) is 4.45. The van der Waals surface area contributed by atoms with E-state index in [1.807, 2.05) is 19.9 Å². The molecule has 152 valence electrons. The van der Waals surface area contributed by atoms with Crippen LogP contribution in [0.5, 0.6) is 0 Å². The van der Waals surface area contributed by atoms with E-state index in [1.165, 1.54) is 35.6 Å². The zero-order valence-electron chi connectivity index (χ0n) is 17.8. The second-order valence-electron chi connectivity index (χ2n) is 8.60. The maximum atomic E-state index is 14.4. The number of halogens is 1. The molecule has 5 rings (SSSR count). The fourth-order valence-electron chi connectivity index (χ4n) is 5.27. The molecule has 5 aliphatic rings. The first kappa shape index (κ1) is 20.8. The summed E-state index contributed by atoms with van der Waals surface area (Å²) in [6, 6.07) is 1.95. The van der Waals surface area contributed by atoms with Crippen molar-refractivity contribution in [2.75, 3.05) is 6.54 Å². The molecule has 28 heavy (non-hydrogen) atoms. The second kappa shape index (κ2) is 8.23. The van der Waals surface area contributed by atoms with E-state index in [9.17, 15) is 14.4 Å². The number of nitriles is 1. The number of carbonyl (C=O) groups excluding carboxylic acids is 1. The lowest BCUT2D eigenvalue weighted by molar-refractivity contribution is -0.128. The van der Waals surface area contributed by atoms with E-state index in [0.29, 0.717) is 25.3 Å². The minimum Gasteiger partial charge on any atom is -0.331 e. The van der Waals surface area contributed by atoms with Crippen molar-refractivity contribution in [2.24, 2.45) is 5.92 Å². The van der Waals surface area contributed by atoms with Gasteiger partial charge in [-0.1, -0.05) is 31.9 Å². The largest absolute Gasteiger partial charge is 0.331 e. The average molecular weight is 385 g/mol. The summed E-state index contributed by atoms with van der Waals surface area (Å²) in [4.78, 5) is 14.8. The minimum atomic E-state index is -1.45. The molecule has 2 atom stereocenters. The van der Waals surface area contributed by atoms with Crippen LogP contribution in [0.2, 0.25) is 0 Å². The summed E-state index contributed by atoms with van der Waals surface area (Å²) in [5.74, 6) is 0.373. The van der Waals surface area contributed by atoms with E-state index in [2.05, 4.69) is 13.8 Å². The molecule has 4 aliphatic carbocycles. The maximum absolute atomic E-state index is 14.4. The Morgan fingerprint density at radius 2 is 1.82 bits per heavy atom. The van der Waals surface area contributed by atoms with Crippen LogP contribution in [0.1, 0.15) is 79.1 Å². The van der Waals surface area contributed by atoms with Crippen molar-refractivity contribution >= 4 is 5.91 Å². The monoisotopic (exact) mass is 384 g/mol. The van der Waals surface area contributed by atoms with Crippen LogP contribution in [0.4, 0.5) is 4.39 Å². The summed E-state index contributed by atoms with van der Waals surface area (Å²) in [5, 5.41) is 9.46. The normalized spacial score (nSPS) is 28.6. The van der Waals surface area contributed by atoms with Gasteiger partial charge >= 0.3 is 0 Å². The number of allylic oxidation sites excluding steroid dienone is 3. The quantitative estimate of drug-likeness (QED) is 0.446. The molecule has 1 aliphatic heterocycles. The molecule has 0 N–H and O–H groups in total. The van der Waals surface area contributed by atoms with Gasteiger partial charge in [-0.15, -0.1) is 0 Å². The molecule has 2 unspecified atom stereocenters. The first-order valence-corrected chi connectivity index (χ1v) is 11.0. The molecule has 4 heteroatoms. The minimum absolute atomic E-state index is 0.0180. The number of fused-ring (bicyclic) bond motifs is 3. The smallest absolute Gasteiger partial charge is 0.264 e. The molecule has 0 aromatic carbocycles. The molecule has 0 aromatic rings. The summed E-state index contributed by atoms with van der Waals surface area (Å²) >= 11 is 0. The van der Waals surface area contributed by atoms with Crippen LogP contribution in [-0.4, -0.2) is 29.1 Å². The Bertz CT molecular complexity index is 779. The molecular formula is C24H33FN2O. The molecule has 0 radical (unpaired) electrons. The molecule has 1 amide bonds.